The predicted octanol–water partition coefficient (Wildman–Crippen LogP) is 4.67. The summed E-state index contributed by atoms with van der Waals surface area (Å²) in [7, 11) is 0. The van der Waals surface area contributed by atoms with Crippen LogP contribution in [0.3, 0.4) is 0 Å². The summed E-state index contributed by atoms with van der Waals surface area (Å²) in [6.45, 7) is 9.51. The molecule has 1 aliphatic carbocycles. The Morgan fingerprint density at radius 3 is 2.60 bits per heavy atom. The molecule has 0 saturated heterocycles. The molecule has 1 N–H and O–H groups in total. The van der Waals surface area contributed by atoms with Gasteiger partial charge < -0.3 is 5.32 Å². The fourth-order valence-corrected chi connectivity index (χ4v) is 3.68. The van der Waals surface area contributed by atoms with Gasteiger partial charge in [-0.15, -0.1) is 0 Å². The van der Waals surface area contributed by atoms with Gasteiger partial charge in [0, 0.05) is 0 Å². The van der Waals surface area contributed by atoms with Crippen molar-refractivity contribution in [2.75, 3.05) is 13.1 Å². The topological polar surface area (TPSA) is 12.0 Å². The van der Waals surface area contributed by atoms with Crippen molar-refractivity contribution in [3.63, 3.8) is 0 Å². The molecule has 1 nitrogen and oxygen atoms in total. The smallest absolute Gasteiger partial charge is 0.00177 e. The monoisotopic (exact) mass is 273 g/mol. The van der Waals surface area contributed by atoms with Gasteiger partial charge in [-0.3, -0.25) is 0 Å². The molecule has 1 heteroatoms. The van der Waals surface area contributed by atoms with E-state index in [0.29, 0.717) is 5.41 Å². The fourth-order valence-electron chi connectivity index (χ4n) is 3.68. The van der Waals surface area contributed by atoms with Crippen LogP contribution in [-0.4, -0.2) is 13.1 Å². The Balaban J connectivity index is 1.98. The van der Waals surface area contributed by atoms with Crippen LogP contribution in [-0.2, 0) is 6.42 Å². The maximum Gasteiger partial charge on any atom is -0.00177 e. The Morgan fingerprint density at radius 2 is 1.90 bits per heavy atom. The normalized spacial score (nSPS) is 25.6. The second-order valence-electron chi connectivity index (χ2n) is 7.32. The molecule has 2 atom stereocenters. The van der Waals surface area contributed by atoms with Gasteiger partial charge >= 0.3 is 0 Å². The minimum absolute atomic E-state index is 0.528. The van der Waals surface area contributed by atoms with Crippen molar-refractivity contribution in [2.24, 2.45) is 17.3 Å². The molecule has 2 unspecified atom stereocenters. The van der Waals surface area contributed by atoms with Gasteiger partial charge in [0.2, 0.25) is 0 Å². The van der Waals surface area contributed by atoms with E-state index in [4.69, 9.17) is 0 Å². The molecule has 1 aromatic carbocycles. The van der Waals surface area contributed by atoms with E-state index in [1.54, 1.807) is 0 Å². The zero-order valence-corrected chi connectivity index (χ0v) is 13.5. The number of hydrogen-bond acceptors (Lipinski definition) is 1. The molecule has 1 aromatic rings. The van der Waals surface area contributed by atoms with Gasteiger partial charge in [-0.1, -0.05) is 51.1 Å². The van der Waals surface area contributed by atoms with Crippen LogP contribution in [0, 0.1) is 17.3 Å². The zero-order valence-electron chi connectivity index (χ0n) is 13.5. The summed E-state index contributed by atoms with van der Waals surface area (Å²) in [6.07, 6.45) is 6.64. The SMILES string of the molecule is CCCNCC1CCC(C)(C)CC1Cc1ccccc1. The third-order valence-corrected chi connectivity index (χ3v) is 4.85. The maximum absolute atomic E-state index is 3.65. The summed E-state index contributed by atoms with van der Waals surface area (Å²) < 4.78 is 0. The molecule has 0 heterocycles. The lowest BCUT2D eigenvalue weighted by Gasteiger charge is -2.41. The van der Waals surface area contributed by atoms with Crippen LogP contribution in [0.25, 0.3) is 0 Å². The van der Waals surface area contributed by atoms with Gasteiger partial charge in [0.25, 0.3) is 0 Å². The van der Waals surface area contributed by atoms with Crippen molar-refractivity contribution < 1.29 is 0 Å². The zero-order chi connectivity index (χ0) is 14.4. The molecular weight excluding hydrogens is 242 g/mol. The Bertz CT molecular complexity index is 382. The second kappa shape index (κ2) is 7.26. The van der Waals surface area contributed by atoms with Crippen LogP contribution in [0.5, 0.6) is 0 Å². The molecule has 0 aliphatic heterocycles. The van der Waals surface area contributed by atoms with E-state index in [0.717, 1.165) is 18.4 Å². The molecule has 0 bridgehead atoms. The first-order valence-corrected chi connectivity index (χ1v) is 8.35. The molecule has 2 rings (SSSR count). The van der Waals surface area contributed by atoms with Gasteiger partial charge in [-0.2, -0.15) is 0 Å². The second-order valence-corrected chi connectivity index (χ2v) is 7.32. The third-order valence-electron chi connectivity index (χ3n) is 4.85. The molecule has 1 aliphatic rings. The van der Waals surface area contributed by atoms with E-state index in [1.807, 2.05) is 0 Å². The van der Waals surface area contributed by atoms with E-state index in [9.17, 15) is 0 Å². The molecule has 0 amide bonds. The van der Waals surface area contributed by atoms with Crippen molar-refractivity contribution in [2.45, 2.75) is 52.9 Å². The number of nitrogens with one attached hydrogen (secondary N) is 1. The summed E-state index contributed by atoms with van der Waals surface area (Å²) in [5, 5.41) is 3.65. The standard InChI is InChI=1S/C19H31N/c1-4-12-20-15-17-10-11-19(2,3)14-18(17)13-16-8-6-5-7-9-16/h5-9,17-18,20H,4,10-15H2,1-3H3. The molecule has 0 aromatic heterocycles. The van der Waals surface area contributed by atoms with Gasteiger partial charge in [-0.05, 0) is 68.0 Å². The lowest BCUT2D eigenvalue weighted by Crippen LogP contribution is -2.37. The Kier molecular flexibility index (Phi) is 5.65. The van der Waals surface area contributed by atoms with Crippen LogP contribution >= 0.6 is 0 Å². The van der Waals surface area contributed by atoms with Crippen molar-refractivity contribution in [1.29, 1.82) is 0 Å². The Labute approximate surface area is 125 Å². The van der Waals surface area contributed by atoms with Crippen molar-refractivity contribution in [3.8, 4) is 0 Å². The molecule has 1 fully saturated rings. The molecule has 1 saturated carbocycles. The third kappa shape index (κ3) is 4.63. The minimum atomic E-state index is 0.528. The molecule has 0 spiro atoms. The maximum atomic E-state index is 3.65. The van der Waals surface area contributed by atoms with Gasteiger partial charge in [0.05, 0.1) is 0 Å². The summed E-state index contributed by atoms with van der Waals surface area (Å²) in [6, 6.07) is 11.0. The summed E-state index contributed by atoms with van der Waals surface area (Å²) in [5.74, 6) is 1.69. The van der Waals surface area contributed by atoms with Crippen LogP contribution in [0.15, 0.2) is 30.3 Å². The average Bonchev–Trinajstić information content (AvgIpc) is 2.42. The van der Waals surface area contributed by atoms with E-state index in [-0.39, 0.29) is 0 Å². The number of hydrogen-bond donors (Lipinski definition) is 1. The molecule has 20 heavy (non-hydrogen) atoms. The lowest BCUT2D eigenvalue weighted by molar-refractivity contribution is 0.116. The first kappa shape index (κ1) is 15.6. The average molecular weight is 273 g/mol. The first-order valence-electron chi connectivity index (χ1n) is 8.35. The van der Waals surface area contributed by atoms with E-state index in [2.05, 4.69) is 56.4 Å². The fraction of sp³-hybridized carbons (Fsp3) is 0.684. The van der Waals surface area contributed by atoms with Gasteiger partial charge in [0.15, 0.2) is 0 Å². The number of benzene rings is 1. The number of rotatable bonds is 6. The van der Waals surface area contributed by atoms with Crippen molar-refractivity contribution in [3.05, 3.63) is 35.9 Å². The highest BCUT2D eigenvalue weighted by molar-refractivity contribution is 5.15. The lowest BCUT2D eigenvalue weighted by atomic mass is 9.65. The predicted molar refractivity (Wildman–Crippen MR) is 87.9 cm³/mol. The Morgan fingerprint density at radius 1 is 1.15 bits per heavy atom. The van der Waals surface area contributed by atoms with Crippen LogP contribution < -0.4 is 5.32 Å². The van der Waals surface area contributed by atoms with Gasteiger partial charge in [0.1, 0.15) is 0 Å². The van der Waals surface area contributed by atoms with E-state index in [1.165, 1.54) is 44.2 Å². The summed E-state index contributed by atoms with van der Waals surface area (Å²) in [5.41, 5.74) is 2.04. The first-order chi connectivity index (χ1) is 9.61. The quantitative estimate of drug-likeness (QED) is 0.743. The van der Waals surface area contributed by atoms with Crippen LogP contribution in [0.4, 0.5) is 0 Å². The van der Waals surface area contributed by atoms with E-state index >= 15 is 0 Å². The molecule has 112 valence electrons. The summed E-state index contributed by atoms with van der Waals surface area (Å²) >= 11 is 0. The minimum Gasteiger partial charge on any atom is -0.316 e. The largest absolute Gasteiger partial charge is 0.316 e. The van der Waals surface area contributed by atoms with Crippen LogP contribution in [0.1, 0.15) is 52.0 Å². The highest BCUT2D eigenvalue weighted by atomic mass is 14.9. The highest BCUT2D eigenvalue weighted by Gasteiger charge is 2.34. The Hall–Kier alpha value is -0.820. The van der Waals surface area contributed by atoms with E-state index < -0.39 is 0 Å². The van der Waals surface area contributed by atoms with Gasteiger partial charge in [-0.25, -0.2) is 0 Å². The van der Waals surface area contributed by atoms with Crippen molar-refractivity contribution >= 4 is 0 Å². The summed E-state index contributed by atoms with van der Waals surface area (Å²) in [4.78, 5) is 0. The molecule has 0 radical (unpaired) electrons. The van der Waals surface area contributed by atoms with Crippen molar-refractivity contribution in [1.82, 2.24) is 5.32 Å². The molecular formula is C19H31N. The highest BCUT2D eigenvalue weighted by Crippen LogP contribution is 2.42. The van der Waals surface area contributed by atoms with Crippen LogP contribution in [0.2, 0.25) is 0 Å².